The van der Waals surface area contributed by atoms with E-state index in [0.29, 0.717) is 26.1 Å². The molecule has 23 heavy (non-hydrogen) atoms. The molecule has 0 fully saturated rings. The van der Waals surface area contributed by atoms with Crippen molar-refractivity contribution in [1.29, 1.82) is 0 Å². The van der Waals surface area contributed by atoms with Gasteiger partial charge >= 0.3 is 11.9 Å². The van der Waals surface area contributed by atoms with E-state index in [1.807, 2.05) is 0 Å². The van der Waals surface area contributed by atoms with Gasteiger partial charge < -0.3 is 9.47 Å². The van der Waals surface area contributed by atoms with E-state index in [1.165, 1.54) is 0 Å². The van der Waals surface area contributed by atoms with Gasteiger partial charge in [0.15, 0.2) is 5.41 Å². The van der Waals surface area contributed by atoms with Gasteiger partial charge in [-0.05, 0) is 26.7 Å². The molecule has 0 aliphatic rings. The molecule has 0 saturated carbocycles. The zero-order valence-corrected chi connectivity index (χ0v) is 15.6. The van der Waals surface area contributed by atoms with Crippen molar-refractivity contribution in [1.82, 2.24) is 0 Å². The van der Waals surface area contributed by atoms with Gasteiger partial charge in [-0.2, -0.15) is 0 Å². The highest BCUT2D eigenvalue weighted by molar-refractivity contribution is 6.00. The topological polar surface area (TPSA) is 52.6 Å². The summed E-state index contributed by atoms with van der Waals surface area (Å²) >= 11 is 0. The van der Waals surface area contributed by atoms with Gasteiger partial charge in [-0.25, -0.2) is 0 Å². The molecule has 0 aromatic carbocycles. The highest BCUT2D eigenvalue weighted by atomic mass is 16.6. The van der Waals surface area contributed by atoms with Gasteiger partial charge in [-0.1, -0.05) is 65.2 Å². The Kier molecular flexibility index (Phi) is 12.8. The fourth-order valence-corrected chi connectivity index (χ4v) is 2.86. The maximum atomic E-state index is 12.6. The van der Waals surface area contributed by atoms with Crippen LogP contribution in [0.3, 0.4) is 0 Å². The molecule has 0 aromatic rings. The Morgan fingerprint density at radius 1 is 0.652 bits per heavy atom. The van der Waals surface area contributed by atoms with Crippen LogP contribution in [0.15, 0.2) is 0 Å². The van der Waals surface area contributed by atoms with Crippen LogP contribution in [-0.2, 0) is 19.1 Å². The molecule has 0 amide bonds. The minimum atomic E-state index is -1.10. The Balaban J connectivity index is 5.08. The van der Waals surface area contributed by atoms with Crippen molar-refractivity contribution in [3.63, 3.8) is 0 Å². The monoisotopic (exact) mass is 328 g/mol. The maximum absolute atomic E-state index is 12.6. The third-order valence-electron chi connectivity index (χ3n) is 4.25. The highest BCUT2D eigenvalue weighted by Gasteiger charge is 2.47. The van der Waals surface area contributed by atoms with Crippen molar-refractivity contribution < 1.29 is 19.1 Å². The standard InChI is InChI=1S/C19H36O4/c1-5-9-11-13-15-19(17(20)22-7-3,18(21)23-8-4)16-14-12-10-6-2/h5-16H2,1-4H3. The van der Waals surface area contributed by atoms with Crippen molar-refractivity contribution in [2.75, 3.05) is 13.2 Å². The number of hydrogen-bond acceptors (Lipinski definition) is 4. The minimum Gasteiger partial charge on any atom is -0.465 e. The van der Waals surface area contributed by atoms with Gasteiger partial charge in [-0.15, -0.1) is 0 Å². The van der Waals surface area contributed by atoms with Gasteiger partial charge in [0, 0.05) is 0 Å². The molecule has 136 valence electrons. The van der Waals surface area contributed by atoms with E-state index in [4.69, 9.17) is 9.47 Å². The Bertz CT molecular complexity index is 293. The molecule has 0 heterocycles. The summed E-state index contributed by atoms with van der Waals surface area (Å²) in [6.45, 7) is 8.45. The predicted octanol–water partition coefficient (Wildman–Crippen LogP) is 5.04. The number of ether oxygens (including phenoxy) is 2. The molecular weight excluding hydrogens is 292 g/mol. The average molecular weight is 328 g/mol. The summed E-state index contributed by atoms with van der Waals surface area (Å²) < 4.78 is 10.5. The van der Waals surface area contributed by atoms with Crippen LogP contribution in [0.25, 0.3) is 0 Å². The smallest absolute Gasteiger partial charge is 0.323 e. The normalized spacial score (nSPS) is 11.3. The molecule has 0 saturated heterocycles. The summed E-state index contributed by atoms with van der Waals surface area (Å²) in [6.07, 6.45) is 9.36. The first-order valence-corrected chi connectivity index (χ1v) is 9.43. The lowest BCUT2D eigenvalue weighted by Gasteiger charge is -2.29. The highest BCUT2D eigenvalue weighted by Crippen LogP contribution is 2.35. The lowest BCUT2D eigenvalue weighted by Crippen LogP contribution is -2.42. The van der Waals surface area contributed by atoms with Crippen molar-refractivity contribution in [2.45, 2.75) is 91.9 Å². The van der Waals surface area contributed by atoms with E-state index in [9.17, 15) is 9.59 Å². The van der Waals surface area contributed by atoms with Gasteiger partial charge in [0.2, 0.25) is 0 Å². The Morgan fingerprint density at radius 2 is 1.04 bits per heavy atom. The molecule has 4 heteroatoms. The van der Waals surface area contributed by atoms with E-state index < -0.39 is 17.4 Å². The second kappa shape index (κ2) is 13.4. The number of carbonyl (C=O) groups excluding carboxylic acids is 2. The number of hydrogen-bond donors (Lipinski definition) is 0. The molecule has 0 aliphatic carbocycles. The van der Waals surface area contributed by atoms with E-state index in [0.717, 1.165) is 51.4 Å². The molecule has 0 rings (SSSR count). The molecule has 0 aliphatic heterocycles. The SMILES string of the molecule is CCCCCCC(CCCCCC)(C(=O)OCC)C(=O)OCC. The summed E-state index contributed by atoms with van der Waals surface area (Å²) in [5, 5.41) is 0. The molecule has 0 N–H and O–H groups in total. The van der Waals surface area contributed by atoms with Crippen LogP contribution < -0.4 is 0 Å². The van der Waals surface area contributed by atoms with Gasteiger partial charge in [0.1, 0.15) is 0 Å². The predicted molar refractivity (Wildman–Crippen MR) is 93.2 cm³/mol. The van der Waals surface area contributed by atoms with Crippen LogP contribution >= 0.6 is 0 Å². The van der Waals surface area contributed by atoms with Crippen LogP contribution in [0.2, 0.25) is 0 Å². The summed E-state index contributed by atoms with van der Waals surface area (Å²) in [5.41, 5.74) is -1.10. The average Bonchev–Trinajstić information content (AvgIpc) is 2.54. The number of rotatable bonds is 14. The molecule has 0 bridgehead atoms. The van der Waals surface area contributed by atoms with Crippen molar-refractivity contribution in [3.8, 4) is 0 Å². The molecule has 0 spiro atoms. The maximum Gasteiger partial charge on any atom is 0.323 e. The van der Waals surface area contributed by atoms with E-state index in [2.05, 4.69) is 13.8 Å². The zero-order chi connectivity index (χ0) is 17.6. The summed E-state index contributed by atoms with van der Waals surface area (Å²) in [5.74, 6) is -0.794. The van der Waals surface area contributed by atoms with E-state index >= 15 is 0 Å². The number of carbonyl (C=O) groups is 2. The van der Waals surface area contributed by atoms with Crippen LogP contribution in [0.1, 0.15) is 91.9 Å². The molecule has 0 aromatic heterocycles. The van der Waals surface area contributed by atoms with E-state index in [1.54, 1.807) is 13.8 Å². The third kappa shape index (κ3) is 7.85. The Hall–Kier alpha value is -1.06. The summed E-state index contributed by atoms with van der Waals surface area (Å²) in [4.78, 5) is 25.2. The Morgan fingerprint density at radius 3 is 1.35 bits per heavy atom. The minimum absolute atomic E-state index is 0.296. The molecular formula is C19H36O4. The Labute approximate surface area is 142 Å². The lowest BCUT2D eigenvalue weighted by atomic mass is 9.77. The molecule has 0 atom stereocenters. The molecule has 0 unspecified atom stereocenters. The molecule has 4 nitrogen and oxygen atoms in total. The fraction of sp³-hybridized carbons (Fsp3) is 0.895. The van der Waals surface area contributed by atoms with Crippen LogP contribution in [0, 0.1) is 5.41 Å². The summed E-state index contributed by atoms with van der Waals surface area (Å²) in [6, 6.07) is 0. The molecule has 0 radical (unpaired) electrons. The van der Waals surface area contributed by atoms with Crippen LogP contribution in [-0.4, -0.2) is 25.2 Å². The first kappa shape index (κ1) is 21.9. The second-order valence-electron chi connectivity index (χ2n) is 6.14. The largest absolute Gasteiger partial charge is 0.465 e. The van der Waals surface area contributed by atoms with Gasteiger partial charge in [0.25, 0.3) is 0 Å². The fourth-order valence-electron chi connectivity index (χ4n) is 2.86. The van der Waals surface area contributed by atoms with Gasteiger partial charge in [0.05, 0.1) is 13.2 Å². The lowest BCUT2D eigenvalue weighted by molar-refractivity contribution is -0.173. The summed E-state index contributed by atoms with van der Waals surface area (Å²) in [7, 11) is 0. The number of esters is 2. The van der Waals surface area contributed by atoms with Gasteiger partial charge in [-0.3, -0.25) is 9.59 Å². The van der Waals surface area contributed by atoms with Crippen molar-refractivity contribution >= 4 is 11.9 Å². The first-order valence-electron chi connectivity index (χ1n) is 9.43. The second-order valence-corrected chi connectivity index (χ2v) is 6.14. The van der Waals surface area contributed by atoms with Crippen molar-refractivity contribution in [2.24, 2.45) is 5.41 Å². The number of unbranched alkanes of at least 4 members (excludes halogenated alkanes) is 6. The van der Waals surface area contributed by atoms with Crippen LogP contribution in [0.5, 0.6) is 0 Å². The zero-order valence-electron chi connectivity index (χ0n) is 15.6. The third-order valence-corrected chi connectivity index (χ3v) is 4.25. The van der Waals surface area contributed by atoms with Crippen LogP contribution in [0.4, 0.5) is 0 Å². The quantitative estimate of drug-likeness (QED) is 0.255. The first-order chi connectivity index (χ1) is 11.1. The van der Waals surface area contributed by atoms with Crippen molar-refractivity contribution in [3.05, 3.63) is 0 Å². The van der Waals surface area contributed by atoms with E-state index in [-0.39, 0.29) is 0 Å².